The first-order valence-corrected chi connectivity index (χ1v) is 11.2. The fraction of sp³-hybridized carbons (Fsp3) is 0.421. The summed E-state index contributed by atoms with van der Waals surface area (Å²) in [5, 5.41) is 1.48. The van der Waals surface area contributed by atoms with E-state index in [4.69, 9.17) is 4.98 Å². The zero-order chi connectivity index (χ0) is 15.8. The van der Waals surface area contributed by atoms with Crippen LogP contribution in [-0.4, -0.2) is 13.1 Å². The Morgan fingerprint density at radius 1 is 0.952 bits per heavy atom. The number of aryl methyl sites for hydroxylation is 1. The molecule has 0 radical (unpaired) electrons. The van der Waals surface area contributed by atoms with Crippen LogP contribution in [0.3, 0.4) is 0 Å². The molecule has 0 aliphatic carbocycles. The van der Waals surface area contributed by atoms with Crippen molar-refractivity contribution in [2.24, 2.45) is 0 Å². The zero-order valence-electron chi connectivity index (χ0n) is 14.4. The monoisotopic (exact) mass is 297 g/mol. The Balaban J connectivity index is 2.60. The molecule has 0 aliphatic rings. The van der Waals surface area contributed by atoms with Gasteiger partial charge in [-0.1, -0.05) is 70.2 Å². The van der Waals surface area contributed by atoms with Gasteiger partial charge in [0.2, 0.25) is 0 Å². The molecule has 1 nitrogen and oxygen atoms in total. The van der Waals surface area contributed by atoms with Gasteiger partial charge in [0, 0.05) is 11.8 Å². The van der Waals surface area contributed by atoms with Crippen molar-refractivity contribution in [1.29, 1.82) is 0 Å². The maximum Gasteiger partial charge on any atom is 0.0800 e. The molecule has 0 amide bonds. The van der Waals surface area contributed by atoms with Gasteiger partial charge in [0.15, 0.2) is 0 Å². The summed E-state index contributed by atoms with van der Waals surface area (Å²) in [7, 11) is -1.38. The van der Waals surface area contributed by atoms with Crippen molar-refractivity contribution >= 4 is 13.3 Å². The molecule has 2 heteroatoms. The maximum absolute atomic E-state index is 4.75. The van der Waals surface area contributed by atoms with E-state index in [9.17, 15) is 0 Å². The molecule has 1 aromatic carbocycles. The van der Waals surface area contributed by atoms with E-state index in [1.165, 1.54) is 21.9 Å². The summed E-state index contributed by atoms with van der Waals surface area (Å²) in [4.78, 5) is 4.75. The molecule has 0 saturated carbocycles. The first-order valence-electron chi connectivity index (χ1n) is 7.67. The Hall–Kier alpha value is -1.41. The van der Waals surface area contributed by atoms with Crippen LogP contribution in [0.2, 0.25) is 19.6 Å². The van der Waals surface area contributed by atoms with Gasteiger partial charge in [0.1, 0.15) is 0 Å². The fourth-order valence-electron chi connectivity index (χ4n) is 2.56. The third-order valence-electron chi connectivity index (χ3n) is 3.87. The summed E-state index contributed by atoms with van der Waals surface area (Å²) >= 11 is 0. The molecule has 0 aliphatic heterocycles. The number of pyridine rings is 1. The molecule has 2 aromatic rings. The Labute approximate surface area is 130 Å². The van der Waals surface area contributed by atoms with E-state index in [1.54, 1.807) is 0 Å². The van der Waals surface area contributed by atoms with Crippen molar-refractivity contribution in [1.82, 2.24) is 4.98 Å². The molecule has 0 atom stereocenters. The summed E-state index contributed by atoms with van der Waals surface area (Å²) in [6.45, 7) is 16.2. The van der Waals surface area contributed by atoms with Crippen LogP contribution in [0.1, 0.15) is 31.9 Å². The molecule has 0 bridgehead atoms. The van der Waals surface area contributed by atoms with E-state index in [0.717, 1.165) is 5.69 Å². The van der Waals surface area contributed by atoms with Crippen molar-refractivity contribution in [3.05, 3.63) is 47.7 Å². The number of aromatic nitrogens is 1. The Bertz CT molecular complexity index is 628. The SMILES string of the molecule is Cc1ccc(-c2cc(C(C)(C)C)c([Si](C)(C)C)cn2)cc1. The van der Waals surface area contributed by atoms with Crippen molar-refractivity contribution in [2.45, 2.75) is 52.8 Å². The first kappa shape index (κ1) is 16.0. The van der Waals surface area contributed by atoms with E-state index in [0.29, 0.717) is 0 Å². The molecule has 112 valence electrons. The quantitative estimate of drug-likeness (QED) is 0.718. The molecule has 2 rings (SSSR count). The predicted molar refractivity (Wildman–Crippen MR) is 96.1 cm³/mol. The number of hydrogen-bond acceptors (Lipinski definition) is 1. The van der Waals surface area contributed by atoms with Gasteiger partial charge in [-0.15, -0.1) is 0 Å². The van der Waals surface area contributed by atoms with Crippen LogP contribution in [0.5, 0.6) is 0 Å². The van der Waals surface area contributed by atoms with Gasteiger partial charge in [-0.05, 0) is 29.2 Å². The number of benzene rings is 1. The molecule has 0 fully saturated rings. The van der Waals surface area contributed by atoms with Crippen LogP contribution < -0.4 is 5.19 Å². The largest absolute Gasteiger partial charge is 0.256 e. The second-order valence-corrected chi connectivity index (χ2v) is 13.0. The molecule has 1 heterocycles. The van der Waals surface area contributed by atoms with Gasteiger partial charge in [-0.3, -0.25) is 4.98 Å². The third kappa shape index (κ3) is 3.62. The van der Waals surface area contributed by atoms with E-state index in [2.05, 4.69) is 83.9 Å². The van der Waals surface area contributed by atoms with Crippen LogP contribution in [0, 0.1) is 6.92 Å². The molecule has 0 unspecified atom stereocenters. The van der Waals surface area contributed by atoms with Crippen LogP contribution in [-0.2, 0) is 5.41 Å². The molecule has 0 N–H and O–H groups in total. The molecule has 0 spiro atoms. The Morgan fingerprint density at radius 2 is 1.52 bits per heavy atom. The minimum absolute atomic E-state index is 0.151. The van der Waals surface area contributed by atoms with E-state index < -0.39 is 8.07 Å². The highest BCUT2D eigenvalue weighted by Crippen LogP contribution is 2.27. The normalized spacial score (nSPS) is 12.5. The highest BCUT2D eigenvalue weighted by molar-refractivity contribution is 6.89. The molecular formula is C19H27NSi. The smallest absolute Gasteiger partial charge is 0.0800 e. The molecular weight excluding hydrogens is 270 g/mol. The van der Waals surface area contributed by atoms with Gasteiger partial charge in [-0.2, -0.15) is 0 Å². The van der Waals surface area contributed by atoms with E-state index in [-0.39, 0.29) is 5.41 Å². The number of hydrogen-bond donors (Lipinski definition) is 0. The van der Waals surface area contributed by atoms with Gasteiger partial charge in [0.25, 0.3) is 0 Å². The topological polar surface area (TPSA) is 12.9 Å². The van der Waals surface area contributed by atoms with Crippen molar-refractivity contribution < 1.29 is 0 Å². The summed E-state index contributed by atoms with van der Waals surface area (Å²) < 4.78 is 0. The summed E-state index contributed by atoms with van der Waals surface area (Å²) in [5.41, 5.74) is 5.17. The molecule has 0 saturated heterocycles. The fourth-order valence-corrected chi connectivity index (χ4v) is 4.26. The lowest BCUT2D eigenvalue weighted by molar-refractivity contribution is 0.593. The summed E-state index contributed by atoms with van der Waals surface area (Å²) in [6.07, 6.45) is 2.13. The standard InChI is InChI=1S/C19H27NSi/c1-14-8-10-15(11-9-14)17-12-16(19(2,3)4)18(13-20-17)21(5,6)7/h8-13H,1-7H3. The summed E-state index contributed by atoms with van der Waals surface area (Å²) in [6, 6.07) is 10.9. The van der Waals surface area contributed by atoms with Gasteiger partial charge in [-0.25, -0.2) is 0 Å². The maximum atomic E-state index is 4.75. The predicted octanol–water partition coefficient (Wildman–Crippen LogP) is 4.90. The van der Waals surface area contributed by atoms with Crippen molar-refractivity contribution in [3.8, 4) is 11.3 Å². The lowest BCUT2D eigenvalue weighted by Gasteiger charge is -2.29. The number of nitrogens with zero attached hydrogens (tertiary/aromatic N) is 1. The lowest BCUT2D eigenvalue weighted by Crippen LogP contribution is -2.43. The zero-order valence-corrected chi connectivity index (χ0v) is 15.4. The van der Waals surface area contributed by atoms with Crippen LogP contribution in [0.25, 0.3) is 11.3 Å². The second-order valence-electron chi connectivity index (χ2n) is 7.98. The number of rotatable bonds is 2. The Morgan fingerprint density at radius 3 is 2.00 bits per heavy atom. The summed E-state index contributed by atoms with van der Waals surface area (Å²) in [5.74, 6) is 0. The van der Waals surface area contributed by atoms with E-state index in [1.807, 2.05) is 0 Å². The first-order chi connectivity index (χ1) is 9.59. The van der Waals surface area contributed by atoms with Crippen LogP contribution in [0.4, 0.5) is 0 Å². The van der Waals surface area contributed by atoms with Gasteiger partial charge >= 0.3 is 0 Å². The minimum atomic E-state index is -1.38. The van der Waals surface area contributed by atoms with Gasteiger partial charge in [0.05, 0.1) is 13.8 Å². The highest BCUT2D eigenvalue weighted by atomic mass is 28.3. The lowest BCUT2D eigenvalue weighted by atomic mass is 9.86. The van der Waals surface area contributed by atoms with Gasteiger partial charge < -0.3 is 0 Å². The molecule has 1 aromatic heterocycles. The minimum Gasteiger partial charge on any atom is -0.256 e. The average molecular weight is 298 g/mol. The molecule has 21 heavy (non-hydrogen) atoms. The van der Waals surface area contributed by atoms with Crippen LogP contribution in [0.15, 0.2) is 36.5 Å². The van der Waals surface area contributed by atoms with E-state index >= 15 is 0 Å². The van der Waals surface area contributed by atoms with Crippen molar-refractivity contribution in [2.75, 3.05) is 0 Å². The second kappa shape index (κ2) is 5.41. The third-order valence-corrected chi connectivity index (χ3v) is 5.88. The highest BCUT2D eigenvalue weighted by Gasteiger charge is 2.27. The Kier molecular flexibility index (Phi) is 4.12. The average Bonchev–Trinajstić information content (AvgIpc) is 2.37. The van der Waals surface area contributed by atoms with Crippen molar-refractivity contribution in [3.63, 3.8) is 0 Å². The van der Waals surface area contributed by atoms with Crippen LogP contribution >= 0.6 is 0 Å².